The molecular formula is C9H16N2O2. The number of carbonyl (C=O) groups excluding carboxylic acids is 1. The van der Waals surface area contributed by atoms with Crippen LogP contribution in [-0.2, 0) is 9.53 Å². The van der Waals surface area contributed by atoms with E-state index in [1.54, 1.807) is 6.92 Å². The first kappa shape index (κ1) is 11.9. The zero-order valence-electron chi connectivity index (χ0n) is 8.33. The summed E-state index contributed by atoms with van der Waals surface area (Å²) in [6.45, 7) is 5.96. The molecule has 0 aliphatic rings. The molecule has 0 aliphatic heterocycles. The molecule has 0 saturated heterocycles. The van der Waals surface area contributed by atoms with Crippen LogP contribution in [0.1, 0.15) is 27.2 Å². The van der Waals surface area contributed by atoms with Crippen molar-refractivity contribution in [3.05, 3.63) is 0 Å². The first-order chi connectivity index (χ1) is 6.10. The Morgan fingerprint density at radius 1 is 1.62 bits per heavy atom. The lowest BCUT2D eigenvalue weighted by Gasteiger charge is -2.13. The normalized spacial score (nSPS) is 12.2. The summed E-state index contributed by atoms with van der Waals surface area (Å²) in [5.74, 6) is -0.331. The molecular weight excluding hydrogens is 168 g/mol. The van der Waals surface area contributed by atoms with Crippen molar-refractivity contribution in [2.75, 3.05) is 6.61 Å². The highest BCUT2D eigenvalue weighted by Crippen LogP contribution is 1.95. The van der Waals surface area contributed by atoms with E-state index < -0.39 is 6.04 Å². The largest absolute Gasteiger partial charge is 0.466 e. The lowest BCUT2D eigenvalue weighted by atomic mass is 10.2. The molecule has 4 nitrogen and oxygen atoms in total. The topological polar surface area (TPSA) is 62.1 Å². The van der Waals surface area contributed by atoms with E-state index in [-0.39, 0.29) is 18.4 Å². The van der Waals surface area contributed by atoms with E-state index in [2.05, 4.69) is 5.32 Å². The van der Waals surface area contributed by atoms with Crippen LogP contribution in [0.4, 0.5) is 0 Å². The van der Waals surface area contributed by atoms with Crippen molar-refractivity contribution in [2.24, 2.45) is 0 Å². The number of hydrogen-bond donors (Lipinski definition) is 1. The van der Waals surface area contributed by atoms with Gasteiger partial charge < -0.3 is 4.74 Å². The minimum Gasteiger partial charge on any atom is -0.466 e. The number of rotatable bonds is 5. The van der Waals surface area contributed by atoms with E-state index in [0.717, 1.165) is 0 Å². The fourth-order valence-corrected chi connectivity index (χ4v) is 0.931. The van der Waals surface area contributed by atoms with Crippen LogP contribution in [0, 0.1) is 11.3 Å². The van der Waals surface area contributed by atoms with Crippen molar-refractivity contribution in [3.8, 4) is 6.07 Å². The van der Waals surface area contributed by atoms with E-state index >= 15 is 0 Å². The second kappa shape index (κ2) is 6.44. The number of nitrogens with one attached hydrogen (secondary N) is 1. The summed E-state index contributed by atoms with van der Waals surface area (Å²) < 4.78 is 4.73. The summed E-state index contributed by atoms with van der Waals surface area (Å²) in [6.07, 6.45) is 0.114. The van der Waals surface area contributed by atoms with Crippen LogP contribution in [0.25, 0.3) is 0 Å². The maximum atomic E-state index is 11.0. The van der Waals surface area contributed by atoms with Crippen LogP contribution in [0.5, 0.6) is 0 Å². The maximum absolute atomic E-state index is 11.0. The molecule has 0 radical (unpaired) electrons. The number of esters is 1. The Kier molecular flexibility index (Phi) is 5.90. The van der Waals surface area contributed by atoms with Crippen molar-refractivity contribution < 1.29 is 9.53 Å². The Balaban J connectivity index is 3.85. The van der Waals surface area contributed by atoms with Crippen LogP contribution in [0.3, 0.4) is 0 Å². The molecule has 13 heavy (non-hydrogen) atoms. The quantitative estimate of drug-likeness (QED) is 0.643. The van der Waals surface area contributed by atoms with Crippen LogP contribution in [-0.4, -0.2) is 24.7 Å². The first-order valence-electron chi connectivity index (χ1n) is 4.41. The molecule has 0 aromatic carbocycles. The van der Waals surface area contributed by atoms with E-state index in [1.807, 2.05) is 19.9 Å². The van der Waals surface area contributed by atoms with Crippen molar-refractivity contribution in [2.45, 2.75) is 39.3 Å². The molecule has 4 heteroatoms. The van der Waals surface area contributed by atoms with Crippen LogP contribution >= 0.6 is 0 Å². The molecule has 0 heterocycles. The molecule has 0 amide bonds. The van der Waals surface area contributed by atoms with Gasteiger partial charge in [0.15, 0.2) is 0 Å². The minimum absolute atomic E-state index is 0.114. The molecule has 0 spiro atoms. The van der Waals surface area contributed by atoms with E-state index in [1.165, 1.54) is 0 Å². The van der Waals surface area contributed by atoms with Gasteiger partial charge in [0.05, 0.1) is 19.1 Å². The van der Waals surface area contributed by atoms with Gasteiger partial charge in [-0.05, 0) is 20.8 Å². The second-order valence-corrected chi connectivity index (χ2v) is 3.01. The summed E-state index contributed by atoms with van der Waals surface area (Å²) in [5.41, 5.74) is 0. The van der Waals surface area contributed by atoms with Gasteiger partial charge in [-0.3, -0.25) is 10.1 Å². The van der Waals surface area contributed by atoms with Crippen LogP contribution in [0.2, 0.25) is 0 Å². The van der Waals surface area contributed by atoms with Gasteiger partial charge in [-0.25, -0.2) is 0 Å². The molecule has 0 rings (SSSR count). The molecule has 1 unspecified atom stereocenters. The summed E-state index contributed by atoms with van der Waals surface area (Å²) in [5, 5.41) is 11.6. The number of nitriles is 1. The predicted molar refractivity (Wildman–Crippen MR) is 48.9 cm³/mol. The van der Waals surface area contributed by atoms with Gasteiger partial charge in [0.25, 0.3) is 0 Å². The summed E-state index contributed by atoms with van der Waals surface area (Å²) >= 11 is 0. The van der Waals surface area contributed by atoms with Gasteiger partial charge in [0.2, 0.25) is 0 Å². The van der Waals surface area contributed by atoms with Crippen LogP contribution < -0.4 is 5.32 Å². The molecule has 1 atom stereocenters. The Hall–Kier alpha value is -1.08. The standard InChI is InChI=1S/C9H16N2O2/c1-4-13-9(12)5-8(6-10)11-7(2)3/h7-8,11H,4-5H2,1-3H3. The van der Waals surface area contributed by atoms with Gasteiger partial charge >= 0.3 is 5.97 Å². The SMILES string of the molecule is CCOC(=O)CC(C#N)NC(C)C. The van der Waals surface area contributed by atoms with Crippen molar-refractivity contribution >= 4 is 5.97 Å². The van der Waals surface area contributed by atoms with Gasteiger partial charge in [-0.1, -0.05) is 0 Å². The zero-order valence-corrected chi connectivity index (χ0v) is 8.33. The third-order valence-electron chi connectivity index (χ3n) is 1.37. The van der Waals surface area contributed by atoms with Gasteiger partial charge in [0.1, 0.15) is 6.04 Å². The Labute approximate surface area is 78.9 Å². The summed E-state index contributed by atoms with van der Waals surface area (Å²) in [6, 6.07) is 1.76. The van der Waals surface area contributed by atoms with Crippen molar-refractivity contribution in [3.63, 3.8) is 0 Å². The molecule has 0 aromatic rings. The number of nitrogens with zero attached hydrogens (tertiary/aromatic N) is 1. The summed E-state index contributed by atoms with van der Waals surface area (Å²) in [7, 11) is 0. The molecule has 0 fully saturated rings. The maximum Gasteiger partial charge on any atom is 0.308 e. The number of hydrogen-bond acceptors (Lipinski definition) is 4. The highest BCUT2D eigenvalue weighted by Gasteiger charge is 2.14. The monoisotopic (exact) mass is 184 g/mol. The van der Waals surface area contributed by atoms with Crippen molar-refractivity contribution in [1.82, 2.24) is 5.32 Å². The fourth-order valence-electron chi connectivity index (χ4n) is 0.931. The smallest absolute Gasteiger partial charge is 0.308 e. The Bertz CT molecular complexity index is 196. The van der Waals surface area contributed by atoms with E-state index in [0.29, 0.717) is 6.61 Å². The minimum atomic E-state index is -0.445. The van der Waals surface area contributed by atoms with Crippen LogP contribution in [0.15, 0.2) is 0 Å². The Morgan fingerprint density at radius 2 is 2.23 bits per heavy atom. The number of ether oxygens (including phenoxy) is 1. The number of carbonyl (C=O) groups is 1. The summed E-state index contributed by atoms with van der Waals surface area (Å²) in [4.78, 5) is 11.0. The van der Waals surface area contributed by atoms with Gasteiger partial charge in [-0.15, -0.1) is 0 Å². The first-order valence-corrected chi connectivity index (χ1v) is 4.41. The average molecular weight is 184 g/mol. The Morgan fingerprint density at radius 3 is 2.62 bits per heavy atom. The lowest BCUT2D eigenvalue weighted by molar-refractivity contribution is -0.143. The molecule has 0 saturated carbocycles. The van der Waals surface area contributed by atoms with Gasteiger partial charge in [0, 0.05) is 6.04 Å². The van der Waals surface area contributed by atoms with E-state index in [9.17, 15) is 4.79 Å². The highest BCUT2D eigenvalue weighted by molar-refractivity contribution is 5.70. The molecule has 74 valence electrons. The molecule has 0 aliphatic carbocycles. The van der Waals surface area contributed by atoms with E-state index in [4.69, 9.17) is 10.00 Å². The molecule has 0 aromatic heterocycles. The second-order valence-electron chi connectivity index (χ2n) is 3.01. The fraction of sp³-hybridized carbons (Fsp3) is 0.778. The molecule has 0 bridgehead atoms. The highest BCUT2D eigenvalue weighted by atomic mass is 16.5. The van der Waals surface area contributed by atoms with Gasteiger partial charge in [-0.2, -0.15) is 5.26 Å². The third kappa shape index (κ3) is 6.12. The molecule has 1 N–H and O–H groups in total. The lowest BCUT2D eigenvalue weighted by Crippen LogP contribution is -2.35. The van der Waals surface area contributed by atoms with Crippen molar-refractivity contribution in [1.29, 1.82) is 5.26 Å². The predicted octanol–water partition coefficient (Wildman–Crippen LogP) is 0.830. The third-order valence-corrected chi connectivity index (χ3v) is 1.37. The zero-order chi connectivity index (χ0) is 10.3. The average Bonchev–Trinajstić information content (AvgIpc) is 2.02.